The molecule has 0 aromatic heterocycles. The van der Waals surface area contributed by atoms with Crippen molar-refractivity contribution in [2.24, 2.45) is 11.7 Å². The second-order valence-electron chi connectivity index (χ2n) is 5.39. The van der Waals surface area contributed by atoms with Crippen molar-refractivity contribution in [3.05, 3.63) is 0 Å². The third-order valence-corrected chi connectivity index (χ3v) is 4.98. The van der Waals surface area contributed by atoms with Gasteiger partial charge in [-0.2, -0.15) is 11.8 Å². The Morgan fingerprint density at radius 2 is 2.05 bits per heavy atom. The van der Waals surface area contributed by atoms with Crippen molar-refractivity contribution in [3.63, 3.8) is 0 Å². The minimum Gasteiger partial charge on any atom is -0.346 e. The molecule has 1 aliphatic rings. The Hall–Kier alpha value is -0.750. The van der Waals surface area contributed by atoms with Gasteiger partial charge in [0.1, 0.15) is 0 Å². The highest BCUT2D eigenvalue weighted by Crippen LogP contribution is 2.23. The molecular formula is C13H25N3O2S. The molecular weight excluding hydrogens is 262 g/mol. The van der Waals surface area contributed by atoms with E-state index in [1.165, 1.54) is 0 Å². The van der Waals surface area contributed by atoms with Crippen LogP contribution in [0.4, 0.5) is 0 Å². The van der Waals surface area contributed by atoms with Crippen LogP contribution in [0.25, 0.3) is 0 Å². The zero-order valence-corrected chi connectivity index (χ0v) is 13.0. The van der Waals surface area contributed by atoms with Gasteiger partial charge in [-0.15, -0.1) is 0 Å². The smallest absolute Gasteiger partial charge is 0.242 e. The van der Waals surface area contributed by atoms with E-state index < -0.39 is 6.04 Å². The molecule has 0 aliphatic carbocycles. The normalized spacial score (nSPS) is 25.3. The van der Waals surface area contributed by atoms with Crippen LogP contribution in [0.2, 0.25) is 0 Å². The standard InChI is InChI=1S/C13H25N3O2S/c1-8(2)12(14)13(18)15-7-11(17)16-5-6-19-10(4)9(16)3/h8-10,12H,5-7,14H2,1-4H3,(H,15,18)/t9?,10?,12-/m0/s1. The molecule has 6 heteroatoms. The lowest BCUT2D eigenvalue weighted by atomic mass is 10.1. The maximum atomic E-state index is 12.1. The number of nitrogens with two attached hydrogens (primary N) is 1. The quantitative estimate of drug-likeness (QED) is 0.786. The first-order chi connectivity index (χ1) is 8.84. The van der Waals surface area contributed by atoms with Crippen LogP contribution in [0.15, 0.2) is 0 Å². The predicted molar refractivity (Wildman–Crippen MR) is 78.9 cm³/mol. The van der Waals surface area contributed by atoms with Crippen LogP contribution >= 0.6 is 11.8 Å². The molecule has 3 atom stereocenters. The van der Waals surface area contributed by atoms with Crippen LogP contribution in [0, 0.1) is 5.92 Å². The second-order valence-corrected chi connectivity index (χ2v) is 6.88. The largest absolute Gasteiger partial charge is 0.346 e. The third-order valence-electron chi connectivity index (χ3n) is 3.64. The van der Waals surface area contributed by atoms with Gasteiger partial charge < -0.3 is 16.0 Å². The van der Waals surface area contributed by atoms with Crippen LogP contribution in [0.1, 0.15) is 27.7 Å². The lowest BCUT2D eigenvalue weighted by molar-refractivity contribution is -0.134. The maximum absolute atomic E-state index is 12.1. The number of amides is 2. The topological polar surface area (TPSA) is 75.4 Å². The molecule has 0 saturated carbocycles. The zero-order chi connectivity index (χ0) is 14.6. The Balaban J connectivity index is 2.45. The molecule has 0 aromatic carbocycles. The fourth-order valence-corrected chi connectivity index (χ4v) is 3.07. The van der Waals surface area contributed by atoms with Gasteiger partial charge in [0, 0.05) is 23.6 Å². The number of thioether (sulfide) groups is 1. The van der Waals surface area contributed by atoms with Crippen molar-refractivity contribution in [2.75, 3.05) is 18.8 Å². The van der Waals surface area contributed by atoms with E-state index in [1.807, 2.05) is 30.5 Å². The van der Waals surface area contributed by atoms with Crippen LogP contribution in [-0.2, 0) is 9.59 Å². The predicted octanol–water partition coefficient (Wildman–Crippen LogP) is 0.438. The molecule has 1 rings (SSSR count). The van der Waals surface area contributed by atoms with E-state index in [1.54, 1.807) is 0 Å². The van der Waals surface area contributed by atoms with E-state index >= 15 is 0 Å². The number of hydrogen-bond acceptors (Lipinski definition) is 4. The van der Waals surface area contributed by atoms with Gasteiger partial charge in [0.05, 0.1) is 12.6 Å². The van der Waals surface area contributed by atoms with Crippen molar-refractivity contribution in [1.82, 2.24) is 10.2 Å². The SMILES string of the molecule is CC1SCCN(C(=O)CNC(=O)[C@@H](N)C(C)C)C1C. The number of rotatable bonds is 4. The van der Waals surface area contributed by atoms with Crippen LogP contribution in [0.3, 0.4) is 0 Å². The van der Waals surface area contributed by atoms with E-state index in [4.69, 9.17) is 5.73 Å². The fraction of sp³-hybridized carbons (Fsp3) is 0.846. The van der Waals surface area contributed by atoms with E-state index in [-0.39, 0.29) is 30.3 Å². The molecule has 1 aliphatic heterocycles. The molecule has 0 aromatic rings. The summed E-state index contributed by atoms with van der Waals surface area (Å²) in [5.41, 5.74) is 5.73. The van der Waals surface area contributed by atoms with Gasteiger partial charge in [-0.05, 0) is 12.8 Å². The highest BCUT2D eigenvalue weighted by atomic mass is 32.2. The van der Waals surface area contributed by atoms with Crippen molar-refractivity contribution >= 4 is 23.6 Å². The van der Waals surface area contributed by atoms with Gasteiger partial charge >= 0.3 is 0 Å². The summed E-state index contributed by atoms with van der Waals surface area (Å²) in [5, 5.41) is 3.07. The minimum absolute atomic E-state index is 0.0241. The summed E-state index contributed by atoms with van der Waals surface area (Å²) < 4.78 is 0. The highest BCUT2D eigenvalue weighted by molar-refractivity contribution is 8.00. The van der Waals surface area contributed by atoms with E-state index in [0.29, 0.717) is 5.25 Å². The molecule has 0 spiro atoms. The highest BCUT2D eigenvalue weighted by Gasteiger charge is 2.29. The number of hydrogen-bond donors (Lipinski definition) is 2. The molecule has 19 heavy (non-hydrogen) atoms. The molecule has 0 radical (unpaired) electrons. The molecule has 0 bridgehead atoms. The minimum atomic E-state index is -0.555. The van der Waals surface area contributed by atoms with Gasteiger partial charge in [0.15, 0.2) is 0 Å². The average Bonchev–Trinajstić information content (AvgIpc) is 2.37. The Morgan fingerprint density at radius 1 is 1.42 bits per heavy atom. The van der Waals surface area contributed by atoms with Gasteiger partial charge in [-0.3, -0.25) is 9.59 Å². The maximum Gasteiger partial charge on any atom is 0.242 e. The summed E-state index contributed by atoms with van der Waals surface area (Å²) in [5.74, 6) is 0.747. The monoisotopic (exact) mass is 287 g/mol. The molecule has 1 saturated heterocycles. The lowest BCUT2D eigenvalue weighted by Gasteiger charge is -2.37. The van der Waals surface area contributed by atoms with Gasteiger partial charge in [0.2, 0.25) is 11.8 Å². The summed E-state index contributed by atoms with van der Waals surface area (Å²) in [7, 11) is 0. The van der Waals surface area contributed by atoms with Gasteiger partial charge in [0.25, 0.3) is 0 Å². The molecule has 5 nitrogen and oxygen atoms in total. The van der Waals surface area contributed by atoms with Crippen molar-refractivity contribution < 1.29 is 9.59 Å². The first-order valence-electron chi connectivity index (χ1n) is 6.79. The van der Waals surface area contributed by atoms with Crippen LogP contribution in [0.5, 0.6) is 0 Å². The first-order valence-corrected chi connectivity index (χ1v) is 7.83. The van der Waals surface area contributed by atoms with Crippen LogP contribution < -0.4 is 11.1 Å². The van der Waals surface area contributed by atoms with E-state index in [0.717, 1.165) is 12.3 Å². The number of carbonyl (C=O) groups is 2. The number of nitrogens with zero attached hydrogens (tertiary/aromatic N) is 1. The summed E-state index contributed by atoms with van der Waals surface area (Å²) in [6.07, 6.45) is 0. The lowest BCUT2D eigenvalue weighted by Crippen LogP contribution is -2.53. The first kappa shape index (κ1) is 16.3. The Kier molecular flexibility index (Phi) is 6.13. The van der Waals surface area contributed by atoms with Crippen molar-refractivity contribution in [3.8, 4) is 0 Å². The Labute approximate surface area is 119 Å². The van der Waals surface area contributed by atoms with Crippen LogP contribution in [-0.4, -0.2) is 52.9 Å². The number of nitrogens with one attached hydrogen (secondary N) is 1. The number of carbonyl (C=O) groups excluding carboxylic acids is 2. The fourth-order valence-electron chi connectivity index (χ4n) is 1.97. The van der Waals surface area contributed by atoms with Gasteiger partial charge in [-0.1, -0.05) is 20.8 Å². The summed E-state index contributed by atoms with van der Waals surface area (Å²) in [4.78, 5) is 25.7. The Bertz CT molecular complexity index is 336. The second kappa shape index (κ2) is 7.14. The van der Waals surface area contributed by atoms with E-state index in [2.05, 4.69) is 19.2 Å². The summed E-state index contributed by atoms with van der Waals surface area (Å²) >= 11 is 1.88. The molecule has 2 amide bonds. The van der Waals surface area contributed by atoms with E-state index in [9.17, 15) is 9.59 Å². The van der Waals surface area contributed by atoms with Crippen molar-refractivity contribution in [1.29, 1.82) is 0 Å². The molecule has 1 heterocycles. The molecule has 3 N–H and O–H groups in total. The molecule has 2 unspecified atom stereocenters. The third kappa shape index (κ3) is 4.38. The van der Waals surface area contributed by atoms with Crippen molar-refractivity contribution in [2.45, 2.75) is 45.0 Å². The average molecular weight is 287 g/mol. The summed E-state index contributed by atoms with van der Waals surface area (Å²) in [6, 6.07) is -0.344. The molecule has 1 fully saturated rings. The van der Waals surface area contributed by atoms with Gasteiger partial charge in [-0.25, -0.2) is 0 Å². The summed E-state index contributed by atoms with van der Waals surface area (Å²) in [6.45, 7) is 8.75. The Morgan fingerprint density at radius 3 is 2.63 bits per heavy atom. The zero-order valence-electron chi connectivity index (χ0n) is 12.2. The molecule has 110 valence electrons.